The lowest BCUT2D eigenvalue weighted by Crippen LogP contribution is -1.86. The number of thiazole rings is 1. The van der Waals surface area contributed by atoms with Crippen LogP contribution in [0, 0.1) is 6.92 Å². The van der Waals surface area contributed by atoms with Crippen molar-refractivity contribution >= 4 is 22.4 Å². The Balaban J connectivity index is 2.36. The predicted molar refractivity (Wildman–Crippen MR) is 47.9 cm³/mol. The van der Waals surface area contributed by atoms with E-state index in [2.05, 4.69) is 4.98 Å². The summed E-state index contributed by atoms with van der Waals surface area (Å²) in [5.74, 6) is 0.575. The Hall–Kier alpha value is -0.260. The molecule has 1 N–H and O–H groups in total. The molecule has 0 spiro atoms. The van der Waals surface area contributed by atoms with Crippen molar-refractivity contribution < 1.29 is 8.76 Å². The van der Waals surface area contributed by atoms with Gasteiger partial charge in [-0.2, -0.15) is 0 Å². The van der Waals surface area contributed by atoms with Crippen LogP contribution < -0.4 is 0 Å². The first-order chi connectivity index (χ1) is 5.68. The average molecular weight is 203 g/mol. The standard InChI is InChI=1S/C7H9NO2S2/c1-4-7(12(9)10)11-6(8-4)5-2-3-5/h5H,2-3H2,1H3,(H,9,10). The van der Waals surface area contributed by atoms with E-state index in [1.165, 1.54) is 24.2 Å². The molecule has 0 aromatic carbocycles. The highest BCUT2D eigenvalue weighted by molar-refractivity contribution is 7.81. The first kappa shape index (κ1) is 8.34. The molecular formula is C7H9NO2S2. The molecule has 3 nitrogen and oxygen atoms in total. The van der Waals surface area contributed by atoms with Crippen LogP contribution in [0.4, 0.5) is 0 Å². The molecule has 2 rings (SSSR count). The summed E-state index contributed by atoms with van der Waals surface area (Å²) in [5.41, 5.74) is 0.711. The van der Waals surface area contributed by atoms with Gasteiger partial charge in [-0.25, -0.2) is 9.19 Å². The summed E-state index contributed by atoms with van der Waals surface area (Å²) in [6.45, 7) is 1.78. The molecule has 0 amide bonds. The molecule has 0 bridgehead atoms. The maximum Gasteiger partial charge on any atom is 0.198 e. The van der Waals surface area contributed by atoms with Crippen LogP contribution in [0.2, 0.25) is 0 Å². The topological polar surface area (TPSA) is 50.2 Å². The SMILES string of the molecule is Cc1nc(C2CC2)sc1S(=O)O. The molecule has 1 aliphatic carbocycles. The van der Waals surface area contributed by atoms with Crippen LogP contribution in [0.5, 0.6) is 0 Å². The maximum atomic E-state index is 10.8. The van der Waals surface area contributed by atoms with Crippen molar-refractivity contribution in [1.82, 2.24) is 4.98 Å². The Morgan fingerprint density at radius 2 is 2.33 bits per heavy atom. The molecule has 5 heteroatoms. The molecular weight excluding hydrogens is 194 g/mol. The van der Waals surface area contributed by atoms with Gasteiger partial charge in [-0.3, -0.25) is 0 Å². The van der Waals surface area contributed by atoms with Crippen LogP contribution in [0.3, 0.4) is 0 Å². The highest BCUT2D eigenvalue weighted by atomic mass is 32.2. The van der Waals surface area contributed by atoms with Crippen molar-refractivity contribution in [2.24, 2.45) is 0 Å². The van der Waals surface area contributed by atoms with Gasteiger partial charge in [0, 0.05) is 5.92 Å². The highest BCUT2D eigenvalue weighted by Gasteiger charge is 2.28. The van der Waals surface area contributed by atoms with Gasteiger partial charge in [0.1, 0.15) is 4.21 Å². The van der Waals surface area contributed by atoms with Crippen LogP contribution in [-0.4, -0.2) is 13.7 Å². The van der Waals surface area contributed by atoms with Gasteiger partial charge >= 0.3 is 0 Å². The molecule has 1 fully saturated rings. The molecule has 1 aromatic heterocycles. The summed E-state index contributed by atoms with van der Waals surface area (Å²) < 4.78 is 20.1. The first-order valence-corrected chi connectivity index (χ1v) is 5.69. The zero-order valence-corrected chi connectivity index (χ0v) is 8.24. The van der Waals surface area contributed by atoms with Crippen molar-refractivity contribution in [3.8, 4) is 0 Å². The minimum absolute atomic E-state index is 0.511. The summed E-state index contributed by atoms with van der Waals surface area (Å²) in [6, 6.07) is 0. The summed E-state index contributed by atoms with van der Waals surface area (Å²) in [7, 11) is 0. The Morgan fingerprint density at radius 1 is 1.67 bits per heavy atom. The third-order valence-corrected chi connectivity index (χ3v) is 4.26. The zero-order chi connectivity index (χ0) is 8.72. The maximum absolute atomic E-state index is 10.8. The number of aromatic nitrogens is 1. The third-order valence-electron chi connectivity index (χ3n) is 1.86. The van der Waals surface area contributed by atoms with Crippen LogP contribution in [0.15, 0.2) is 4.21 Å². The highest BCUT2D eigenvalue weighted by Crippen LogP contribution is 2.42. The molecule has 0 aliphatic heterocycles. The molecule has 0 saturated heterocycles. The normalized spacial score (nSPS) is 19.5. The van der Waals surface area contributed by atoms with Gasteiger partial charge in [0.2, 0.25) is 0 Å². The number of hydrogen-bond acceptors (Lipinski definition) is 3. The van der Waals surface area contributed by atoms with E-state index in [0.717, 1.165) is 5.01 Å². The smallest absolute Gasteiger partial charge is 0.198 e. The van der Waals surface area contributed by atoms with Gasteiger partial charge in [0.25, 0.3) is 0 Å². The van der Waals surface area contributed by atoms with Gasteiger partial charge in [-0.1, -0.05) is 0 Å². The summed E-state index contributed by atoms with van der Waals surface area (Å²) in [6.07, 6.45) is 2.37. The van der Waals surface area contributed by atoms with Crippen molar-refractivity contribution in [3.63, 3.8) is 0 Å². The van der Waals surface area contributed by atoms with E-state index >= 15 is 0 Å². The monoisotopic (exact) mass is 203 g/mol. The zero-order valence-electron chi connectivity index (χ0n) is 6.61. The average Bonchev–Trinajstić information content (AvgIpc) is 2.75. The minimum Gasteiger partial charge on any atom is -0.302 e. The van der Waals surface area contributed by atoms with E-state index in [-0.39, 0.29) is 0 Å². The van der Waals surface area contributed by atoms with Crippen molar-refractivity contribution in [2.75, 3.05) is 0 Å². The Kier molecular flexibility index (Phi) is 2.02. The first-order valence-electron chi connectivity index (χ1n) is 3.76. The second kappa shape index (κ2) is 2.90. The molecule has 12 heavy (non-hydrogen) atoms. The van der Waals surface area contributed by atoms with E-state index < -0.39 is 11.1 Å². The molecule has 1 unspecified atom stereocenters. The van der Waals surface area contributed by atoms with E-state index in [9.17, 15) is 4.21 Å². The van der Waals surface area contributed by atoms with Crippen LogP contribution in [-0.2, 0) is 11.1 Å². The molecule has 1 heterocycles. The fourth-order valence-electron chi connectivity index (χ4n) is 1.07. The summed E-state index contributed by atoms with van der Waals surface area (Å²) >= 11 is -0.476. The molecule has 1 aliphatic rings. The second-order valence-corrected chi connectivity index (χ2v) is 5.14. The largest absolute Gasteiger partial charge is 0.302 e. The van der Waals surface area contributed by atoms with E-state index in [4.69, 9.17) is 4.55 Å². The van der Waals surface area contributed by atoms with Crippen LogP contribution in [0.25, 0.3) is 0 Å². The fraction of sp³-hybridized carbons (Fsp3) is 0.571. The number of hydrogen-bond donors (Lipinski definition) is 1. The van der Waals surface area contributed by atoms with Crippen LogP contribution in [0.1, 0.15) is 29.5 Å². The summed E-state index contributed by atoms with van der Waals surface area (Å²) in [4.78, 5) is 4.26. The fourth-order valence-corrected chi connectivity index (χ4v) is 2.88. The summed E-state index contributed by atoms with van der Waals surface area (Å²) in [5, 5.41) is 1.03. The second-order valence-electron chi connectivity index (χ2n) is 2.95. The van der Waals surface area contributed by atoms with Gasteiger partial charge < -0.3 is 4.55 Å². The van der Waals surface area contributed by atoms with Crippen LogP contribution >= 0.6 is 11.3 Å². The number of nitrogens with zero attached hydrogens (tertiary/aromatic N) is 1. The third kappa shape index (κ3) is 1.44. The van der Waals surface area contributed by atoms with Gasteiger partial charge in [-0.15, -0.1) is 11.3 Å². The van der Waals surface area contributed by atoms with Gasteiger partial charge in [-0.05, 0) is 19.8 Å². The van der Waals surface area contributed by atoms with Gasteiger partial charge in [0.05, 0.1) is 10.7 Å². The van der Waals surface area contributed by atoms with Crippen molar-refractivity contribution in [2.45, 2.75) is 29.9 Å². The number of aryl methyl sites for hydroxylation is 1. The quantitative estimate of drug-likeness (QED) is 0.747. The Morgan fingerprint density at radius 3 is 2.75 bits per heavy atom. The van der Waals surface area contributed by atoms with E-state index in [1.54, 1.807) is 6.92 Å². The van der Waals surface area contributed by atoms with E-state index in [0.29, 0.717) is 15.8 Å². The number of rotatable bonds is 2. The van der Waals surface area contributed by atoms with Crippen molar-refractivity contribution in [3.05, 3.63) is 10.7 Å². The van der Waals surface area contributed by atoms with Gasteiger partial charge in [0.15, 0.2) is 11.1 Å². The molecule has 0 radical (unpaired) electrons. The molecule has 66 valence electrons. The lowest BCUT2D eigenvalue weighted by Gasteiger charge is -1.85. The Labute approximate surface area is 77.1 Å². The van der Waals surface area contributed by atoms with E-state index in [1.807, 2.05) is 0 Å². The lowest BCUT2D eigenvalue weighted by molar-refractivity contribution is 0.566. The van der Waals surface area contributed by atoms with Crippen molar-refractivity contribution in [1.29, 1.82) is 0 Å². The lowest BCUT2D eigenvalue weighted by atomic mass is 10.4. The molecule has 1 saturated carbocycles. The predicted octanol–water partition coefficient (Wildman–Crippen LogP) is 1.91. The Bertz CT molecular complexity index is 330. The molecule has 1 aromatic rings. The molecule has 1 atom stereocenters. The minimum atomic E-state index is -1.85.